The average Bonchev–Trinajstić information content (AvgIpc) is 2.03. The van der Waals surface area contributed by atoms with Crippen molar-refractivity contribution in [2.24, 2.45) is 5.92 Å². The minimum Gasteiger partial charge on any atom is -0.478 e. The van der Waals surface area contributed by atoms with Crippen LogP contribution in [0, 0.1) is 5.92 Å². The first-order valence-corrected chi connectivity index (χ1v) is 4.37. The summed E-state index contributed by atoms with van der Waals surface area (Å²) >= 11 is 5.61. The number of rotatable bonds is 2. The summed E-state index contributed by atoms with van der Waals surface area (Å²) in [6, 6.07) is 0. The minimum absolute atomic E-state index is 0.287. The van der Waals surface area contributed by atoms with E-state index in [9.17, 15) is 4.79 Å². The molecule has 0 fully saturated rings. The SMILES string of the molecule is CC1C=C(CCl)C=C(C(=O)O)C1. The fourth-order valence-electron chi connectivity index (χ4n) is 1.33. The van der Waals surface area contributed by atoms with Crippen LogP contribution in [0.4, 0.5) is 0 Å². The molecule has 1 aliphatic carbocycles. The zero-order valence-corrected chi connectivity index (χ0v) is 7.64. The van der Waals surface area contributed by atoms with Gasteiger partial charge in [-0.3, -0.25) is 0 Å². The second-order valence-electron chi connectivity index (χ2n) is 3.03. The molecular weight excluding hydrogens is 176 g/mol. The van der Waals surface area contributed by atoms with Gasteiger partial charge in [-0.2, -0.15) is 0 Å². The number of aliphatic carboxylic acids is 1. The molecule has 0 saturated carbocycles. The number of carboxylic acids is 1. The van der Waals surface area contributed by atoms with E-state index in [1.54, 1.807) is 6.08 Å². The second kappa shape index (κ2) is 3.76. The molecule has 0 saturated heterocycles. The van der Waals surface area contributed by atoms with Crippen LogP contribution in [0.25, 0.3) is 0 Å². The number of allylic oxidation sites excluding steroid dienone is 3. The van der Waals surface area contributed by atoms with Gasteiger partial charge in [0.2, 0.25) is 0 Å². The summed E-state index contributed by atoms with van der Waals surface area (Å²) in [4.78, 5) is 10.6. The minimum atomic E-state index is -0.836. The number of carbonyl (C=O) groups is 1. The Morgan fingerprint density at radius 1 is 1.83 bits per heavy atom. The second-order valence-corrected chi connectivity index (χ2v) is 3.30. The van der Waals surface area contributed by atoms with Gasteiger partial charge >= 0.3 is 5.97 Å². The van der Waals surface area contributed by atoms with Crippen molar-refractivity contribution < 1.29 is 9.90 Å². The molecule has 0 radical (unpaired) electrons. The summed E-state index contributed by atoms with van der Waals surface area (Å²) in [5.41, 5.74) is 1.37. The molecule has 0 spiro atoms. The van der Waals surface area contributed by atoms with Crippen LogP contribution in [0.3, 0.4) is 0 Å². The van der Waals surface area contributed by atoms with E-state index in [1.165, 1.54) is 0 Å². The maximum atomic E-state index is 10.6. The van der Waals surface area contributed by atoms with Crippen LogP contribution in [0.5, 0.6) is 0 Å². The van der Waals surface area contributed by atoms with Crippen LogP contribution in [0.2, 0.25) is 0 Å². The summed E-state index contributed by atoms with van der Waals surface area (Å²) in [5, 5.41) is 8.73. The molecule has 3 heteroatoms. The van der Waals surface area contributed by atoms with E-state index in [0.29, 0.717) is 17.9 Å². The molecule has 2 nitrogen and oxygen atoms in total. The summed E-state index contributed by atoms with van der Waals surface area (Å²) in [6.45, 7) is 1.99. The molecule has 1 N–H and O–H groups in total. The van der Waals surface area contributed by atoms with Crippen LogP contribution in [-0.4, -0.2) is 17.0 Å². The van der Waals surface area contributed by atoms with Gasteiger partial charge in [-0.05, 0) is 24.0 Å². The molecular formula is C9H11ClO2. The van der Waals surface area contributed by atoms with Crippen molar-refractivity contribution in [1.29, 1.82) is 0 Å². The predicted molar refractivity (Wildman–Crippen MR) is 48.3 cm³/mol. The fourth-order valence-corrected chi connectivity index (χ4v) is 1.50. The van der Waals surface area contributed by atoms with E-state index in [4.69, 9.17) is 16.7 Å². The largest absolute Gasteiger partial charge is 0.478 e. The van der Waals surface area contributed by atoms with Crippen LogP contribution in [0.1, 0.15) is 13.3 Å². The van der Waals surface area contributed by atoms with Gasteiger partial charge < -0.3 is 5.11 Å². The van der Waals surface area contributed by atoms with E-state index >= 15 is 0 Å². The zero-order chi connectivity index (χ0) is 9.14. The molecule has 0 heterocycles. The highest BCUT2D eigenvalue weighted by Crippen LogP contribution is 2.22. The van der Waals surface area contributed by atoms with E-state index < -0.39 is 5.97 Å². The smallest absolute Gasteiger partial charge is 0.331 e. The zero-order valence-electron chi connectivity index (χ0n) is 6.88. The Balaban J connectivity index is 2.85. The van der Waals surface area contributed by atoms with Gasteiger partial charge in [0.25, 0.3) is 0 Å². The quantitative estimate of drug-likeness (QED) is 0.672. The number of hydrogen-bond donors (Lipinski definition) is 1. The van der Waals surface area contributed by atoms with Crippen molar-refractivity contribution in [2.45, 2.75) is 13.3 Å². The Morgan fingerprint density at radius 2 is 2.50 bits per heavy atom. The Morgan fingerprint density at radius 3 is 3.00 bits per heavy atom. The normalized spacial score (nSPS) is 23.0. The maximum Gasteiger partial charge on any atom is 0.331 e. The summed E-state index contributed by atoms with van der Waals surface area (Å²) < 4.78 is 0. The van der Waals surface area contributed by atoms with Gasteiger partial charge in [0.05, 0.1) is 0 Å². The molecule has 0 bridgehead atoms. The maximum absolute atomic E-state index is 10.6. The number of carboxylic acid groups (broad SMARTS) is 1. The fraction of sp³-hybridized carbons (Fsp3) is 0.444. The highest BCUT2D eigenvalue weighted by molar-refractivity contribution is 6.19. The highest BCUT2D eigenvalue weighted by Gasteiger charge is 2.15. The van der Waals surface area contributed by atoms with Crippen molar-refractivity contribution in [3.8, 4) is 0 Å². The summed E-state index contributed by atoms with van der Waals surface area (Å²) in [6.07, 6.45) is 4.28. The lowest BCUT2D eigenvalue weighted by molar-refractivity contribution is -0.132. The lowest BCUT2D eigenvalue weighted by Gasteiger charge is -2.14. The molecule has 0 aromatic rings. The summed E-state index contributed by atoms with van der Waals surface area (Å²) in [7, 11) is 0. The van der Waals surface area contributed by atoms with Crippen molar-refractivity contribution in [3.63, 3.8) is 0 Å². The third-order valence-corrected chi connectivity index (χ3v) is 2.14. The molecule has 0 aromatic carbocycles. The Kier molecular flexibility index (Phi) is 2.93. The van der Waals surface area contributed by atoms with Crippen molar-refractivity contribution in [3.05, 3.63) is 23.3 Å². The Hall–Kier alpha value is -0.760. The molecule has 1 atom stereocenters. The third kappa shape index (κ3) is 2.11. The first kappa shape index (κ1) is 9.33. The van der Waals surface area contributed by atoms with Crippen LogP contribution in [0.15, 0.2) is 23.3 Å². The van der Waals surface area contributed by atoms with Crippen LogP contribution < -0.4 is 0 Å². The lowest BCUT2D eigenvalue weighted by atomic mass is 9.92. The van der Waals surface area contributed by atoms with E-state index in [2.05, 4.69) is 0 Å². The molecule has 12 heavy (non-hydrogen) atoms. The summed E-state index contributed by atoms with van der Waals surface area (Å²) in [5.74, 6) is -0.159. The molecule has 66 valence electrons. The van der Waals surface area contributed by atoms with E-state index in [1.807, 2.05) is 13.0 Å². The average molecular weight is 187 g/mol. The Bertz CT molecular complexity index is 253. The van der Waals surface area contributed by atoms with E-state index in [0.717, 1.165) is 5.57 Å². The predicted octanol–water partition coefficient (Wildman–Crippen LogP) is 2.20. The van der Waals surface area contributed by atoms with Gasteiger partial charge in [0.1, 0.15) is 0 Å². The Labute approximate surface area is 76.5 Å². The van der Waals surface area contributed by atoms with E-state index in [-0.39, 0.29) is 5.92 Å². The van der Waals surface area contributed by atoms with Gasteiger partial charge in [0, 0.05) is 11.5 Å². The molecule has 0 aliphatic heterocycles. The highest BCUT2D eigenvalue weighted by atomic mass is 35.5. The first-order valence-electron chi connectivity index (χ1n) is 3.84. The molecule has 1 rings (SSSR count). The van der Waals surface area contributed by atoms with Gasteiger partial charge in [-0.1, -0.05) is 13.0 Å². The number of alkyl halides is 1. The molecule has 1 unspecified atom stereocenters. The number of halogens is 1. The van der Waals surface area contributed by atoms with Crippen LogP contribution in [-0.2, 0) is 4.79 Å². The van der Waals surface area contributed by atoms with Crippen molar-refractivity contribution >= 4 is 17.6 Å². The molecule has 0 aromatic heterocycles. The number of hydrogen-bond acceptors (Lipinski definition) is 1. The van der Waals surface area contributed by atoms with Crippen molar-refractivity contribution in [2.75, 3.05) is 5.88 Å². The van der Waals surface area contributed by atoms with Gasteiger partial charge in [-0.25, -0.2) is 4.79 Å². The monoisotopic (exact) mass is 186 g/mol. The van der Waals surface area contributed by atoms with Crippen LogP contribution >= 0.6 is 11.6 Å². The topological polar surface area (TPSA) is 37.3 Å². The standard InChI is InChI=1S/C9H11ClO2/c1-6-2-7(5-10)4-8(3-6)9(11)12/h2,4,6H,3,5H2,1H3,(H,11,12). The molecule has 1 aliphatic rings. The molecule has 0 amide bonds. The lowest BCUT2D eigenvalue weighted by Crippen LogP contribution is -2.09. The third-order valence-electron chi connectivity index (χ3n) is 1.83. The van der Waals surface area contributed by atoms with Crippen molar-refractivity contribution in [1.82, 2.24) is 0 Å². The first-order chi connectivity index (χ1) is 5.63. The van der Waals surface area contributed by atoms with Gasteiger partial charge in [0.15, 0.2) is 0 Å². The van der Waals surface area contributed by atoms with Gasteiger partial charge in [-0.15, -0.1) is 11.6 Å².